The summed E-state index contributed by atoms with van der Waals surface area (Å²) in [6.45, 7) is 7.98. The Bertz CT molecular complexity index is 360. The van der Waals surface area contributed by atoms with Gasteiger partial charge in [0, 0.05) is 18.8 Å². The number of hydrogen-bond donors (Lipinski definition) is 1. The SMILES string of the molecule is CCC1CCN(Cc2cccc(N)c2C)C1. The number of hydrogen-bond acceptors (Lipinski definition) is 2. The van der Waals surface area contributed by atoms with Crippen molar-refractivity contribution in [3.63, 3.8) is 0 Å². The largest absolute Gasteiger partial charge is 0.399 e. The summed E-state index contributed by atoms with van der Waals surface area (Å²) in [4.78, 5) is 2.55. The number of nitrogens with zero attached hydrogens (tertiary/aromatic N) is 1. The van der Waals surface area contributed by atoms with Gasteiger partial charge in [-0.15, -0.1) is 0 Å². The summed E-state index contributed by atoms with van der Waals surface area (Å²) in [5.74, 6) is 0.904. The van der Waals surface area contributed by atoms with Crippen LogP contribution in [-0.4, -0.2) is 18.0 Å². The van der Waals surface area contributed by atoms with Crippen LogP contribution < -0.4 is 5.73 Å². The highest BCUT2D eigenvalue weighted by atomic mass is 15.1. The first-order chi connectivity index (χ1) is 7.70. The zero-order chi connectivity index (χ0) is 11.5. The second-order valence-electron chi connectivity index (χ2n) is 4.93. The highest BCUT2D eigenvalue weighted by Gasteiger charge is 2.21. The third kappa shape index (κ3) is 2.38. The maximum absolute atomic E-state index is 5.93. The zero-order valence-corrected chi connectivity index (χ0v) is 10.4. The molecule has 1 heterocycles. The number of nitrogen functional groups attached to an aromatic ring is 1. The number of nitrogens with two attached hydrogens (primary N) is 1. The minimum absolute atomic E-state index is 0.904. The van der Waals surface area contributed by atoms with Gasteiger partial charge in [-0.3, -0.25) is 4.90 Å². The lowest BCUT2D eigenvalue weighted by Gasteiger charge is -2.17. The van der Waals surface area contributed by atoms with E-state index in [4.69, 9.17) is 5.73 Å². The molecule has 1 aromatic rings. The predicted molar refractivity (Wildman–Crippen MR) is 69.3 cm³/mol. The van der Waals surface area contributed by atoms with E-state index >= 15 is 0 Å². The highest BCUT2D eigenvalue weighted by molar-refractivity contribution is 5.49. The van der Waals surface area contributed by atoms with Gasteiger partial charge in [-0.2, -0.15) is 0 Å². The fourth-order valence-electron chi connectivity index (χ4n) is 2.51. The average Bonchev–Trinajstić information content (AvgIpc) is 2.73. The summed E-state index contributed by atoms with van der Waals surface area (Å²) in [5.41, 5.74) is 9.49. The molecule has 1 aliphatic rings. The molecule has 1 aromatic carbocycles. The lowest BCUT2D eigenvalue weighted by molar-refractivity contribution is 0.314. The van der Waals surface area contributed by atoms with Crippen molar-refractivity contribution in [2.75, 3.05) is 18.8 Å². The van der Waals surface area contributed by atoms with E-state index in [0.717, 1.165) is 18.2 Å². The summed E-state index contributed by atoms with van der Waals surface area (Å²) in [5, 5.41) is 0. The van der Waals surface area contributed by atoms with Gasteiger partial charge >= 0.3 is 0 Å². The van der Waals surface area contributed by atoms with Gasteiger partial charge in [-0.25, -0.2) is 0 Å². The molecule has 0 aromatic heterocycles. The zero-order valence-electron chi connectivity index (χ0n) is 10.4. The van der Waals surface area contributed by atoms with E-state index in [1.807, 2.05) is 6.07 Å². The lowest BCUT2D eigenvalue weighted by atomic mass is 10.1. The van der Waals surface area contributed by atoms with Crippen LogP contribution in [-0.2, 0) is 6.54 Å². The van der Waals surface area contributed by atoms with Gasteiger partial charge in [0.1, 0.15) is 0 Å². The number of benzene rings is 1. The first-order valence-corrected chi connectivity index (χ1v) is 6.27. The molecule has 88 valence electrons. The molecule has 0 spiro atoms. The molecule has 1 unspecified atom stereocenters. The Morgan fingerprint density at radius 1 is 1.44 bits per heavy atom. The third-order valence-electron chi connectivity index (χ3n) is 3.83. The molecule has 2 heteroatoms. The fraction of sp³-hybridized carbons (Fsp3) is 0.571. The minimum Gasteiger partial charge on any atom is -0.399 e. The third-order valence-corrected chi connectivity index (χ3v) is 3.83. The molecular weight excluding hydrogens is 196 g/mol. The number of anilines is 1. The van der Waals surface area contributed by atoms with Crippen molar-refractivity contribution in [2.24, 2.45) is 5.92 Å². The van der Waals surface area contributed by atoms with Crippen LogP contribution >= 0.6 is 0 Å². The van der Waals surface area contributed by atoms with E-state index in [9.17, 15) is 0 Å². The highest BCUT2D eigenvalue weighted by Crippen LogP contribution is 2.23. The lowest BCUT2D eigenvalue weighted by Crippen LogP contribution is -2.20. The second kappa shape index (κ2) is 4.88. The summed E-state index contributed by atoms with van der Waals surface area (Å²) < 4.78 is 0. The smallest absolute Gasteiger partial charge is 0.0346 e. The molecule has 1 fully saturated rings. The average molecular weight is 218 g/mol. The standard InChI is InChI=1S/C14H22N2/c1-3-12-7-8-16(9-12)10-13-5-4-6-14(15)11(13)2/h4-6,12H,3,7-10,15H2,1-2H3. The molecule has 1 atom stereocenters. The second-order valence-corrected chi connectivity index (χ2v) is 4.93. The maximum atomic E-state index is 5.93. The molecule has 2 nitrogen and oxygen atoms in total. The van der Waals surface area contributed by atoms with Crippen LogP contribution in [0, 0.1) is 12.8 Å². The van der Waals surface area contributed by atoms with Gasteiger partial charge in [0.25, 0.3) is 0 Å². The molecule has 0 amide bonds. The van der Waals surface area contributed by atoms with Crippen LogP contribution in [0.2, 0.25) is 0 Å². The Hall–Kier alpha value is -1.02. The molecule has 1 aliphatic heterocycles. The number of rotatable bonds is 3. The summed E-state index contributed by atoms with van der Waals surface area (Å²) in [6.07, 6.45) is 2.67. The van der Waals surface area contributed by atoms with Crippen LogP contribution in [0.15, 0.2) is 18.2 Å². The Balaban J connectivity index is 2.02. The first kappa shape index (κ1) is 11.5. The van der Waals surface area contributed by atoms with E-state index in [0.29, 0.717) is 0 Å². The minimum atomic E-state index is 0.904. The molecule has 2 rings (SSSR count). The van der Waals surface area contributed by atoms with Crippen LogP contribution in [0.25, 0.3) is 0 Å². The van der Waals surface area contributed by atoms with Crippen LogP contribution in [0.4, 0.5) is 5.69 Å². The maximum Gasteiger partial charge on any atom is 0.0346 e. The van der Waals surface area contributed by atoms with Crippen LogP contribution in [0.3, 0.4) is 0 Å². The molecule has 0 bridgehead atoms. The van der Waals surface area contributed by atoms with E-state index in [-0.39, 0.29) is 0 Å². The Morgan fingerprint density at radius 2 is 2.25 bits per heavy atom. The van der Waals surface area contributed by atoms with Gasteiger partial charge < -0.3 is 5.73 Å². The molecule has 2 N–H and O–H groups in total. The van der Waals surface area contributed by atoms with Crippen molar-refractivity contribution < 1.29 is 0 Å². The fourth-order valence-corrected chi connectivity index (χ4v) is 2.51. The quantitative estimate of drug-likeness (QED) is 0.790. The van der Waals surface area contributed by atoms with E-state index in [2.05, 4.69) is 30.9 Å². The van der Waals surface area contributed by atoms with Crippen molar-refractivity contribution >= 4 is 5.69 Å². The van der Waals surface area contributed by atoms with Gasteiger partial charge in [-0.05, 0) is 43.0 Å². The van der Waals surface area contributed by atoms with Crippen molar-refractivity contribution in [1.29, 1.82) is 0 Å². The summed E-state index contributed by atoms with van der Waals surface area (Å²) >= 11 is 0. The van der Waals surface area contributed by atoms with E-state index in [1.54, 1.807) is 0 Å². The Kier molecular flexibility index (Phi) is 3.49. The van der Waals surface area contributed by atoms with Crippen molar-refractivity contribution in [1.82, 2.24) is 4.90 Å². The van der Waals surface area contributed by atoms with Crippen molar-refractivity contribution in [3.05, 3.63) is 29.3 Å². The molecule has 1 saturated heterocycles. The van der Waals surface area contributed by atoms with Crippen molar-refractivity contribution in [2.45, 2.75) is 33.2 Å². The molecule has 0 aliphatic carbocycles. The van der Waals surface area contributed by atoms with E-state index in [1.165, 1.54) is 37.1 Å². The van der Waals surface area contributed by atoms with Crippen LogP contribution in [0.1, 0.15) is 30.9 Å². The predicted octanol–water partition coefficient (Wildman–Crippen LogP) is 2.81. The Labute approximate surface area is 98.4 Å². The summed E-state index contributed by atoms with van der Waals surface area (Å²) in [6, 6.07) is 6.24. The van der Waals surface area contributed by atoms with Gasteiger partial charge in [0.2, 0.25) is 0 Å². The molecule has 0 radical (unpaired) electrons. The number of likely N-dealkylation sites (tertiary alicyclic amines) is 1. The normalized spacial score (nSPS) is 21.5. The monoisotopic (exact) mass is 218 g/mol. The molecule has 16 heavy (non-hydrogen) atoms. The van der Waals surface area contributed by atoms with Gasteiger partial charge in [0.15, 0.2) is 0 Å². The first-order valence-electron chi connectivity index (χ1n) is 6.27. The van der Waals surface area contributed by atoms with Crippen LogP contribution in [0.5, 0.6) is 0 Å². The Morgan fingerprint density at radius 3 is 2.94 bits per heavy atom. The van der Waals surface area contributed by atoms with Gasteiger partial charge in [-0.1, -0.05) is 25.5 Å². The molecular formula is C14H22N2. The topological polar surface area (TPSA) is 29.3 Å². The molecule has 0 saturated carbocycles. The van der Waals surface area contributed by atoms with Crippen molar-refractivity contribution in [3.8, 4) is 0 Å². The van der Waals surface area contributed by atoms with E-state index < -0.39 is 0 Å². The summed E-state index contributed by atoms with van der Waals surface area (Å²) in [7, 11) is 0. The van der Waals surface area contributed by atoms with Gasteiger partial charge in [0.05, 0.1) is 0 Å².